The average Bonchev–Trinajstić information content (AvgIpc) is 2.65. The molecule has 4 heteroatoms. The van der Waals surface area contributed by atoms with Crippen molar-refractivity contribution in [1.29, 1.82) is 5.26 Å². The summed E-state index contributed by atoms with van der Waals surface area (Å²) in [6, 6.07) is 14.3. The molecule has 2 aromatic rings. The van der Waals surface area contributed by atoms with Crippen LogP contribution in [0.1, 0.15) is 62.3 Å². The van der Waals surface area contributed by atoms with Gasteiger partial charge in [0.15, 0.2) is 0 Å². The van der Waals surface area contributed by atoms with Gasteiger partial charge < -0.3 is 0 Å². The lowest BCUT2D eigenvalue weighted by atomic mass is 9.60. The van der Waals surface area contributed by atoms with Crippen molar-refractivity contribution in [2.24, 2.45) is 0 Å². The Balaban J connectivity index is 1.77. The van der Waals surface area contributed by atoms with E-state index < -0.39 is 0 Å². The van der Waals surface area contributed by atoms with Crippen molar-refractivity contribution in [3.05, 3.63) is 69.8 Å². The number of hydrogen-bond acceptors (Lipinski definition) is 3. The molecule has 1 heterocycles. The van der Waals surface area contributed by atoms with Gasteiger partial charge in [-0.1, -0.05) is 35.9 Å². The second kappa shape index (κ2) is 5.28. The van der Waals surface area contributed by atoms with E-state index in [2.05, 4.69) is 31.2 Å². The minimum Gasteiger partial charge on any atom is -0.274 e. The van der Waals surface area contributed by atoms with Gasteiger partial charge in [-0.2, -0.15) is 5.26 Å². The second-order valence-corrected chi connectivity index (χ2v) is 7.62. The Bertz CT molecular complexity index is 1020. The summed E-state index contributed by atoms with van der Waals surface area (Å²) in [4.78, 5) is 27.2. The summed E-state index contributed by atoms with van der Waals surface area (Å²) in [7, 11) is 0. The van der Waals surface area contributed by atoms with Gasteiger partial charge in [0, 0.05) is 11.5 Å². The van der Waals surface area contributed by atoms with Crippen LogP contribution < -0.4 is 0 Å². The number of nitriles is 1. The maximum atomic E-state index is 13.3. The van der Waals surface area contributed by atoms with Gasteiger partial charge in [-0.25, -0.2) is 0 Å². The van der Waals surface area contributed by atoms with Gasteiger partial charge in [0.25, 0.3) is 5.91 Å². The molecule has 0 N–H and O–H groups in total. The third kappa shape index (κ3) is 1.89. The van der Waals surface area contributed by atoms with E-state index in [0.29, 0.717) is 11.5 Å². The highest BCUT2D eigenvalue weighted by molar-refractivity contribution is 6.12. The molecule has 0 aromatic heterocycles. The molecule has 0 fully saturated rings. The molecule has 128 valence electrons. The van der Waals surface area contributed by atoms with Crippen molar-refractivity contribution in [2.45, 2.75) is 37.5 Å². The molecule has 2 amide bonds. The zero-order valence-electron chi connectivity index (χ0n) is 14.5. The van der Waals surface area contributed by atoms with Crippen LogP contribution in [-0.2, 0) is 11.2 Å². The molecule has 2 aliphatic carbocycles. The highest BCUT2D eigenvalue weighted by Crippen LogP contribution is 2.55. The van der Waals surface area contributed by atoms with Crippen molar-refractivity contribution < 1.29 is 9.59 Å². The summed E-state index contributed by atoms with van der Waals surface area (Å²) in [5.41, 5.74) is 6.41. The fourth-order valence-electron chi connectivity index (χ4n) is 5.18. The maximum absolute atomic E-state index is 13.3. The minimum atomic E-state index is -0.357. The van der Waals surface area contributed by atoms with E-state index in [4.69, 9.17) is 5.26 Å². The predicted molar refractivity (Wildman–Crippen MR) is 95.8 cm³/mol. The Labute approximate surface area is 152 Å². The third-order valence-electron chi connectivity index (χ3n) is 6.24. The zero-order valence-corrected chi connectivity index (χ0v) is 14.5. The largest absolute Gasteiger partial charge is 0.274 e. The number of imide groups is 1. The molecule has 0 saturated heterocycles. The van der Waals surface area contributed by atoms with Crippen molar-refractivity contribution >= 4 is 11.8 Å². The molecule has 3 aliphatic rings. The van der Waals surface area contributed by atoms with Crippen LogP contribution in [0.4, 0.5) is 0 Å². The number of hydrogen-bond donors (Lipinski definition) is 0. The summed E-state index contributed by atoms with van der Waals surface area (Å²) < 4.78 is 0. The standard InChI is InChI=1S/C22H18N2O2/c1-12-5-6-13-10-14-11-18(17(13)9-12)20-19-15(14)3-2-4-16(19)21(25)24(8-7-23)22(20)26/h2-6,9,14,18,20H,8,10-11H2,1H3/t14-,18-,20?/m0/s1. The Morgan fingerprint density at radius 2 is 2.04 bits per heavy atom. The number of benzene rings is 2. The van der Waals surface area contributed by atoms with Crippen LogP contribution in [0.2, 0.25) is 0 Å². The number of amides is 2. The number of aryl methyl sites for hydroxylation is 1. The maximum Gasteiger partial charge on any atom is 0.261 e. The summed E-state index contributed by atoms with van der Waals surface area (Å²) in [5.74, 6) is -0.462. The summed E-state index contributed by atoms with van der Waals surface area (Å²) in [5, 5.41) is 9.10. The van der Waals surface area contributed by atoms with E-state index in [0.717, 1.165) is 28.9 Å². The molecule has 3 atom stereocenters. The first-order chi connectivity index (χ1) is 12.6. The van der Waals surface area contributed by atoms with Crippen molar-refractivity contribution in [1.82, 2.24) is 4.90 Å². The molecule has 5 rings (SSSR count). The normalized spacial score (nSPS) is 25.4. The number of carbonyl (C=O) groups excluding carboxylic acids is 2. The molecular formula is C22H18N2O2. The van der Waals surface area contributed by atoms with Crippen LogP contribution in [0.3, 0.4) is 0 Å². The van der Waals surface area contributed by atoms with Crippen LogP contribution in [0.25, 0.3) is 0 Å². The second-order valence-electron chi connectivity index (χ2n) is 7.62. The Morgan fingerprint density at radius 3 is 2.85 bits per heavy atom. The molecule has 0 spiro atoms. The topological polar surface area (TPSA) is 61.2 Å². The lowest BCUT2D eigenvalue weighted by Crippen LogP contribution is -2.49. The minimum absolute atomic E-state index is 0.0825. The molecular weight excluding hydrogens is 324 g/mol. The van der Waals surface area contributed by atoms with Crippen LogP contribution >= 0.6 is 0 Å². The zero-order chi connectivity index (χ0) is 18.0. The van der Waals surface area contributed by atoms with Crippen LogP contribution in [0, 0.1) is 18.3 Å². The summed E-state index contributed by atoms with van der Waals surface area (Å²) >= 11 is 0. The third-order valence-corrected chi connectivity index (χ3v) is 6.24. The van der Waals surface area contributed by atoms with Gasteiger partial charge in [0.1, 0.15) is 6.54 Å². The van der Waals surface area contributed by atoms with Gasteiger partial charge in [0.2, 0.25) is 5.91 Å². The highest BCUT2D eigenvalue weighted by atomic mass is 16.2. The first-order valence-corrected chi connectivity index (χ1v) is 9.05. The molecule has 1 unspecified atom stereocenters. The number of nitrogens with zero attached hydrogens (tertiary/aromatic N) is 2. The first-order valence-electron chi connectivity index (χ1n) is 9.05. The molecule has 26 heavy (non-hydrogen) atoms. The molecule has 2 bridgehead atoms. The van der Waals surface area contributed by atoms with E-state index in [1.165, 1.54) is 16.7 Å². The van der Waals surface area contributed by atoms with Crippen molar-refractivity contribution in [2.75, 3.05) is 6.54 Å². The van der Waals surface area contributed by atoms with Gasteiger partial charge >= 0.3 is 0 Å². The summed E-state index contributed by atoms with van der Waals surface area (Å²) in [6.45, 7) is 1.89. The molecule has 0 radical (unpaired) electrons. The SMILES string of the molecule is Cc1ccc2c(c1)[C@@H]1C[C@H](C2)c2cccc3c2C1C(=O)N(CC#N)C3=O. The predicted octanol–water partition coefficient (Wildman–Crippen LogP) is 3.41. The van der Waals surface area contributed by atoms with Crippen molar-refractivity contribution in [3.63, 3.8) is 0 Å². The summed E-state index contributed by atoms with van der Waals surface area (Å²) in [6.07, 6.45) is 1.89. The van der Waals surface area contributed by atoms with E-state index in [1.54, 1.807) is 0 Å². The van der Waals surface area contributed by atoms with Gasteiger partial charge in [-0.15, -0.1) is 0 Å². The van der Waals surface area contributed by atoms with Crippen LogP contribution in [0.5, 0.6) is 0 Å². The van der Waals surface area contributed by atoms with Gasteiger partial charge in [-0.3, -0.25) is 14.5 Å². The molecule has 0 saturated carbocycles. The Morgan fingerprint density at radius 1 is 1.19 bits per heavy atom. The molecule has 2 aromatic carbocycles. The lowest BCUT2D eigenvalue weighted by Gasteiger charge is -2.46. The van der Waals surface area contributed by atoms with E-state index >= 15 is 0 Å². The fraction of sp³-hybridized carbons (Fsp3) is 0.318. The van der Waals surface area contributed by atoms with Gasteiger partial charge in [-0.05, 0) is 54.0 Å². The molecule has 4 nitrogen and oxygen atoms in total. The highest BCUT2D eigenvalue weighted by Gasteiger charge is 2.50. The fourth-order valence-corrected chi connectivity index (χ4v) is 5.18. The van der Waals surface area contributed by atoms with E-state index in [9.17, 15) is 9.59 Å². The van der Waals surface area contributed by atoms with Crippen LogP contribution in [-0.4, -0.2) is 23.3 Å². The molecule has 1 aliphatic heterocycles. The quantitative estimate of drug-likeness (QED) is 0.589. The number of carbonyl (C=O) groups is 2. The Hall–Kier alpha value is -2.93. The van der Waals surface area contributed by atoms with Gasteiger partial charge in [0.05, 0.1) is 12.0 Å². The average molecular weight is 342 g/mol. The first kappa shape index (κ1) is 15.3. The monoisotopic (exact) mass is 342 g/mol. The Kier molecular flexibility index (Phi) is 3.12. The van der Waals surface area contributed by atoms with E-state index in [-0.39, 0.29) is 30.2 Å². The number of fused-ring (bicyclic) bond motifs is 6. The van der Waals surface area contributed by atoms with Crippen molar-refractivity contribution in [3.8, 4) is 6.07 Å². The smallest absolute Gasteiger partial charge is 0.261 e. The van der Waals surface area contributed by atoms with Crippen LogP contribution in [0.15, 0.2) is 36.4 Å². The number of rotatable bonds is 1. The lowest BCUT2D eigenvalue weighted by molar-refractivity contribution is -0.131. The van der Waals surface area contributed by atoms with E-state index in [1.807, 2.05) is 18.2 Å².